The van der Waals surface area contributed by atoms with Crippen molar-refractivity contribution >= 4 is 18.2 Å². The normalized spacial score (nSPS) is 11.7. The molecule has 1 rings (SSSR count). The van der Waals surface area contributed by atoms with Gasteiger partial charge in [-0.3, -0.25) is 4.79 Å². The zero-order chi connectivity index (χ0) is 10.0. The molecular weight excluding hydrogens is 205 g/mol. The molecule has 0 heterocycles. The molecule has 1 atom stereocenters. The molecule has 1 aromatic rings. The molecule has 0 aliphatic heterocycles. The lowest BCUT2D eigenvalue weighted by Gasteiger charge is -2.08. The van der Waals surface area contributed by atoms with E-state index in [0.717, 1.165) is 0 Å². The van der Waals surface area contributed by atoms with Gasteiger partial charge >= 0.3 is 0 Å². The van der Waals surface area contributed by atoms with E-state index in [2.05, 4.69) is 0 Å². The topological polar surface area (TPSA) is 43.1 Å². The Morgan fingerprint density at radius 1 is 1.50 bits per heavy atom. The summed E-state index contributed by atoms with van der Waals surface area (Å²) in [5, 5.41) is 0. The van der Waals surface area contributed by atoms with Crippen LogP contribution in [0.1, 0.15) is 35.8 Å². The second-order valence-corrected chi connectivity index (χ2v) is 3.05. The molecule has 0 aliphatic rings. The van der Waals surface area contributed by atoms with Crippen LogP contribution < -0.4 is 5.73 Å². The molecule has 2 N–H and O–H groups in total. The van der Waals surface area contributed by atoms with E-state index < -0.39 is 5.82 Å². The summed E-state index contributed by atoms with van der Waals surface area (Å²) < 4.78 is 13.5. The summed E-state index contributed by atoms with van der Waals surface area (Å²) in [5.74, 6) is -0.773. The lowest BCUT2D eigenvalue weighted by Crippen LogP contribution is -2.10. The van der Waals surface area contributed by atoms with E-state index >= 15 is 0 Å². The first-order valence-corrected chi connectivity index (χ1v) is 4.09. The van der Waals surface area contributed by atoms with E-state index in [9.17, 15) is 9.18 Å². The van der Waals surface area contributed by atoms with Crippen LogP contribution in [-0.4, -0.2) is 5.78 Å². The van der Waals surface area contributed by atoms with Crippen LogP contribution in [0.4, 0.5) is 4.39 Å². The van der Waals surface area contributed by atoms with Gasteiger partial charge in [-0.1, -0.05) is 12.1 Å². The molecule has 0 saturated carbocycles. The number of hydrogen-bond donors (Lipinski definition) is 1. The fourth-order valence-corrected chi connectivity index (χ4v) is 1.17. The van der Waals surface area contributed by atoms with Crippen LogP contribution >= 0.6 is 12.4 Å². The molecule has 0 spiro atoms. The highest BCUT2D eigenvalue weighted by Crippen LogP contribution is 2.18. The molecule has 2 nitrogen and oxygen atoms in total. The number of ketones is 1. The third kappa shape index (κ3) is 2.53. The second kappa shape index (κ2) is 5.08. The SMILES string of the molecule is CC(=O)c1cccc([C@@H](C)N)c1F.Cl. The van der Waals surface area contributed by atoms with Gasteiger partial charge in [0.25, 0.3) is 0 Å². The van der Waals surface area contributed by atoms with Gasteiger partial charge in [-0.25, -0.2) is 4.39 Å². The van der Waals surface area contributed by atoms with Gasteiger partial charge in [-0.05, 0) is 19.9 Å². The summed E-state index contributed by atoms with van der Waals surface area (Å²) in [6, 6.07) is 4.30. The predicted octanol–water partition coefficient (Wildman–Crippen LogP) is 2.47. The fraction of sp³-hybridized carbons (Fsp3) is 0.300. The zero-order valence-corrected chi connectivity index (χ0v) is 8.90. The van der Waals surface area contributed by atoms with E-state index in [0.29, 0.717) is 5.56 Å². The maximum atomic E-state index is 13.5. The average molecular weight is 218 g/mol. The number of hydrogen-bond acceptors (Lipinski definition) is 2. The number of halogens is 2. The molecule has 0 saturated heterocycles. The Balaban J connectivity index is 0.00000169. The first-order valence-electron chi connectivity index (χ1n) is 4.09. The number of nitrogens with two attached hydrogens (primary N) is 1. The third-order valence-corrected chi connectivity index (χ3v) is 1.90. The molecule has 14 heavy (non-hydrogen) atoms. The minimum Gasteiger partial charge on any atom is -0.324 e. The van der Waals surface area contributed by atoms with E-state index in [-0.39, 0.29) is 29.8 Å². The molecule has 4 heteroatoms. The Morgan fingerprint density at radius 3 is 2.50 bits per heavy atom. The first-order chi connectivity index (χ1) is 6.04. The summed E-state index contributed by atoms with van der Waals surface area (Å²) in [5.41, 5.74) is 6.02. The van der Waals surface area contributed by atoms with Crippen LogP contribution in [0.15, 0.2) is 18.2 Å². The van der Waals surface area contributed by atoms with E-state index in [4.69, 9.17) is 5.73 Å². The van der Waals surface area contributed by atoms with Crippen molar-refractivity contribution in [2.45, 2.75) is 19.9 Å². The highest BCUT2D eigenvalue weighted by Gasteiger charge is 2.13. The van der Waals surface area contributed by atoms with Gasteiger partial charge < -0.3 is 5.73 Å². The standard InChI is InChI=1S/C10H12FNO.ClH/c1-6(12)8-4-3-5-9(7(2)13)10(8)11;/h3-6H,12H2,1-2H3;1H/t6-;/m1./s1. The van der Waals surface area contributed by atoms with Gasteiger partial charge in [-0.2, -0.15) is 0 Å². The summed E-state index contributed by atoms with van der Waals surface area (Å²) in [7, 11) is 0. The predicted molar refractivity (Wildman–Crippen MR) is 56.3 cm³/mol. The van der Waals surface area contributed by atoms with Crippen LogP contribution in [0.3, 0.4) is 0 Å². The average Bonchev–Trinajstić information content (AvgIpc) is 2.03. The van der Waals surface area contributed by atoms with Crippen molar-refractivity contribution in [3.8, 4) is 0 Å². The Labute approximate surface area is 88.7 Å². The molecular formula is C10H13ClFNO. The van der Waals surface area contributed by atoms with Crippen molar-refractivity contribution in [1.82, 2.24) is 0 Å². The quantitative estimate of drug-likeness (QED) is 0.774. The van der Waals surface area contributed by atoms with Crippen LogP contribution in [0.5, 0.6) is 0 Å². The molecule has 0 fully saturated rings. The molecule has 0 radical (unpaired) electrons. The molecule has 0 aromatic heterocycles. The number of Topliss-reactive ketones (excluding diaryl/α,β-unsaturated/α-hetero) is 1. The molecule has 0 amide bonds. The smallest absolute Gasteiger partial charge is 0.162 e. The Bertz CT molecular complexity index is 339. The second-order valence-electron chi connectivity index (χ2n) is 3.05. The van der Waals surface area contributed by atoms with Gasteiger partial charge in [0.1, 0.15) is 5.82 Å². The zero-order valence-electron chi connectivity index (χ0n) is 8.08. The van der Waals surface area contributed by atoms with Gasteiger partial charge in [0.15, 0.2) is 5.78 Å². The largest absolute Gasteiger partial charge is 0.324 e. The Hall–Kier alpha value is -0.930. The van der Waals surface area contributed by atoms with Gasteiger partial charge in [0.2, 0.25) is 0 Å². The van der Waals surface area contributed by atoms with Crippen LogP contribution in [0.2, 0.25) is 0 Å². The van der Waals surface area contributed by atoms with Crippen molar-refractivity contribution < 1.29 is 9.18 Å². The Kier molecular flexibility index (Phi) is 4.74. The number of carbonyl (C=O) groups excluding carboxylic acids is 1. The van der Waals surface area contributed by atoms with Crippen molar-refractivity contribution in [3.05, 3.63) is 35.1 Å². The number of carbonyl (C=O) groups is 1. The maximum Gasteiger partial charge on any atom is 0.162 e. The summed E-state index contributed by atoms with van der Waals surface area (Å²) in [6.07, 6.45) is 0. The highest BCUT2D eigenvalue weighted by atomic mass is 35.5. The van der Waals surface area contributed by atoms with Crippen molar-refractivity contribution in [2.75, 3.05) is 0 Å². The van der Waals surface area contributed by atoms with Crippen molar-refractivity contribution in [2.24, 2.45) is 5.73 Å². The summed E-state index contributed by atoms with van der Waals surface area (Å²) in [4.78, 5) is 11.0. The Morgan fingerprint density at radius 2 is 2.07 bits per heavy atom. The van der Waals surface area contributed by atoms with Crippen molar-refractivity contribution in [3.63, 3.8) is 0 Å². The van der Waals surface area contributed by atoms with Crippen molar-refractivity contribution in [1.29, 1.82) is 0 Å². The number of benzene rings is 1. The fourth-order valence-electron chi connectivity index (χ4n) is 1.17. The molecule has 0 unspecified atom stereocenters. The van der Waals surface area contributed by atoms with E-state index in [1.54, 1.807) is 19.1 Å². The third-order valence-electron chi connectivity index (χ3n) is 1.90. The van der Waals surface area contributed by atoms with Gasteiger partial charge in [-0.15, -0.1) is 12.4 Å². The van der Waals surface area contributed by atoms with Gasteiger partial charge in [0.05, 0.1) is 5.56 Å². The molecule has 1 aromatic carbocycles. The van der Waals surface area contributed by atoms with Crippen LogP contribution in [0, 0.1) is 5.82 Å². The first kappa shape index (κ1) is 13.1. The molecule has 0 bridgehead atoms. The number of rotatable bonds is 2. The molecule has 0 aliphatic carbocycles. The summed E-state index contributed by atoms with van der Waals surface area (Å²) in [6.45, 7) is 3.02. The van der Waals surface area contributed by atoms with E-state index in [1.807, 2.05) is 0 Å². The highest BCUT2D eigenvalue weighted by molar-refractivity contribution is 5.94. The summed E-state index contributed by atoms with van der Waals surface area (Å²) >= 11 is 0. The van der Waals surface area contributed by atoms with E-state index in [1.165, 1.54) is 13.0 Å². The van der Waals surface area contributed by atoms with Gasteiger partial charge in [0, 0.05) is 11.6 Å². The monoisotopic (exact) mass is 217 g/mol. The lowest BCUT2D eigenvalue weighted by atomic mass is 10.0. The minimum atomic E-state index is -0.495. The minimum absolute atomic E-state index is 0. The van der Waals surface area contributed by atoms with Crippen LogP contribution in [-0.2, 0) is 0 Å². The van der Waals surface area contributed by atoms with Crippen LogP contribution in [0.25, 0.3) is 0 Å². The lowest BCUT2D eigenvalue weighted by molar-refractivity contribution is 0.101. The molecule has 78 valence electrons. The maximum absolute atomic E-state index is 13.5.